The average Bonchev–Trinajstić information content (AvgIpc) is 3.13. The first-order valence-corrected chi connectivity index (χ1v) is 8.56. The number of aromatic amines is 1. The Bertz CT molecular complexity index is 862. The summed E-state index contributed by atoms with van der Waals surface area (Å²) in [7, 11) is 0. The van der Waals surface area contributed by atoms with E-state index in [1.54, 1.807) is 18.3 Å². The van der Waals surface area contributed by atoms with Gasteiger partial charge in [0.1, 0.15) is 0 Å². The Labute approximate surface area is 155 Å². The summed E-state index contributed by atoms with van der Waals surface area (Å²) in [6, 6.07) is 13.5. The number of carboxylic acids is 1. The van der Waals surface area contributed by atoms with Gasteiger partial charge in [0.15, 0.2) is 0 Å². The van der Waals surface area contributed by atoms with Crippen LogP contribution in [0.3, 0.4) is 0 Å². The second-order valence-corrected chi connectivity index (χ2v) is 6.58. The average molecular weight is 375 g/mol. The van der Waals surface area contributed by atoms with Gasteiger partial charge in [-0.15, -0.1) is 0 Å². The maximum atomic E-state index is 11.0. The molecule has 0 aliphatic rings. The minimum absolute atomic E-state index is 0.0655. The fourth-order valence-corrected chi connectivity index (χ4v) is 3.15. The quantitative estimate of drug-likeness (QED) is 0.608. The van der Waals surface area contributed by atoms with Gasteiger partial charge in [0.05, 0.1) is 16.2 Å². The second-order valence-electron chi connectivity index (χ2n) is 5.77. The zero-order chi connectivity index (χ0) is 17.8. The largest absolute Gasteiger partial charge is 0.481 e. The van der Waals surface area contributed by atoms with Gasteiger partial charge in [-0.3, -0.25) is 9.89 Å². The van der Waals surface area contributed by atoms with Crippen LogP contribution < -0.4 is 0 Å². The molecule has 2 aromatic carbocycles. The molecule has 6 heteroatoms. The Morgan fingerprint density at radius 1 is 1.04 bits per heavy atom. The van der Waals surface area contributed by atoms with Crippen molar-refractivity contribution < 1.29 is 9.90 Å². The number of hydrogen-bond acceptors (Lipinski definition) is 2. The van der Waals surface area contributed by atoms with Crippen molar-refractivity contribution in [1.82, 2.24) is 10.2 Å². The number of carboxylic acid groups (broad SMARTS) is 1. The zero-order valence-electron chi connectivity index (χ0n) is 13.2. The molecule has 3 rings (SSSR count). The highest BCUT2D eigenvalue weighted by molar-refractivity contribution is 6.42. The van der Waals surface area contributed by atoms with Crippen molar-refractivity contribution >= 4 is 29.2 Å². The predicted molar refractivity (Wildman–Crippen MR) is 99.2 cm³/mol. The van der Waals surface area contributed by atoms with Crippen LogP contribution in [0, 0.1) is 0 Å². The number of nitrogens with zero attached hydrogens (tertiary/aromatic N) is 1. The minimum atomic E-state index is -0.819. The maximum absolute atomic E-state index is 11.0. The van der Waals surface area contributed by atoms with Gasteiger partial charge in [-0.2, -0.15) is 5.10 Å². The summed E-state index contributed by atoms with van der Waals surface area (Å²) >= 11 is 12.1. The molecular weight excluding hydrogens is 359 g/mol. The fraction of sp³-hybridized carbons (Fsp3) is 0.158. The van der Waals surface area contributed by atoms with Crippen LogP contribution in [0.25, 0.3) is 11.1 Å². The number of H-pyrrole nitrogens is 1. The molecule has 1 heterocycles. The number of nitrogens with one attached hydrogen (secondary N) is 1. The van der Waals surface area contributed by atoms with Crippen LogP contribution in [0.5, 0.6) is 0 Å². The molecule has 3 aromatic rings. The van der Waals surface area contributed by atoms with Crippen LogP contribution in [-0.4, -0.2) is 21.3 Å². The lowest BCUT2D eigenvalue weighted by Crippen LogP contribution is -2.05. The lowest BCUT2D eigenvalue weighted by Gasteiger charge is -2.18. The van der Waals surface area contributed by atoms with E-state index in [4.69, 9.17) is 28.3 Å². The number of carbonyl (C=O) groups is 1. The van der Waals surface area contributed by atoms with Crippen molar-refractivity contribution in [3.63, 3.8) is 0 Å². The van der Waals surface area contributed by atoms with E-state index in [-0.39, 0.29) is 12.3 Å². The summed E-state index contributed by atoms with van der Waals surface area (Å²) < 4.78 is 0. The molecule has 0 saturated carbocycles. The lowest BCUT2D eigenvalue weighted by molar-refractivity contribution is -0.137. The van der Waals surface area contributed by atoms with Gasteiger partial charge in [-0.05, 0) is 35.2 Å². The monoisotopic (exact) mass is 374 g/mol. The van der Waals surface area contributed by atoms with Crippen molar-refractivity contribution in [2.45, 2.75) is 18.8 Å². The Morgan fingerprint density at radius 3 is 2.36 bits per heavy atom. The molecule has 0 aliphatic carbocycles. The van der Waals surface area contributed by atoms with Crippen molar-refractivity contribution in [2.75, 3.05) is 0 Å². The van der Waals surface area contributed by atoms with Gasteiger partial charge >= 0.3 is 5.97 Å². The third kappa shape index (κ3) is 4.21. The highest BCUT2D eigenvalue weighted by Crippen LogP contribution is 2.34. The van der Waals surface area contributed by atoms with E-state index in [0.717, 1.165) is 22.3 Å². The Hall–Kier alpha value is -2.30. The molecule has 1 aromatic heterocycles. The first kappa shape index (κ1) is 17.5. The standard InChI is InChI=1S/C19H16Cl2N2O2/c20-17-7-5-14(9-18(17)21)16(6-8-19(24)25)13-3-1-12(2-4-13)15-10-22-23-11-15/h1-5,7,9-11,16H,6,8H2,(H,22,23)(H,24,25). The van der Waals surface area contributed by atoms with E-state index in [2.05, 4.69) is 10.2 Å². The second kappa shape index (κ2) is 7.72. The predicted octanol–water partition coefficient (Wildman–Crippen LogP) is 5.38. The van der Waals surface area contributed by atoms with Crippen molar-refractivity contribution in [2.24, 2.45) is 0 Å². The highest BCUT2D eigenvalue weighted by Gasteiger charge is 2.17. The Morgan fingerprint density at radius 2 is 1.76 bits per heavy atom. The van der Waals surface area contributed by atoms with Gasteiger partial charge in [-0.1, -0.05) is 53.5 Å². The van der Waals surface area contributed by atoms with Crippen LogP contribution >= 0.6 is 23.2 Å². The molecule has 0 aliphatic heterocycles. The third-order valence-corrected chi connectivity index (χ3v) is 4.88. The van der Waals surface area contributed by atoms with Crippen LogP contribution in [0.15, 0.2) is 54.9 Å². The van der Waals surface area contributed by atoms with Crippen molar-refractivity contribution in [3.8, 4) is 11.1 Å². The number of rotatable bonds is 6. The van der Waals surface area contributed by atoms with Gasteiger partial charge in [0.2, 0.25) is 0 Å². The first-order valence-electron chi connectivity index (χ1n) is 7.80. The van der Waals surface area contributed by atoms with Crippen LogP contribution in [0.2, 0.25) is 10.0 Å². The smallest absolute Gasteiger partial charge is 0.303 e. The Balaban J connectivity index is 1.93. The van der Waals surface area contributed by atoms with E-state index >= 15 is 0 Å². The fourth-order valence-electron chi connectivity index (χ4n) is 2.84. The summed E-state index contributed by atoms with van der Waals surface area (Å²) in [5.74, 6) is -0.885. The molecule has 0 saturated heterocycles. The van der Waals surface area contributed by atoms with E-state index in [9.17, 15) is 4.79 Å². The molecule has 0 amide bonds. The molecular formula is C19H16Cl2N2O2. The summed E-state index contributed by atoms with van der Waals surface area (Å²) in [5.41, 5.74) is 4.03. The highest BCUT2D eigenvalue weighted by atomic mass is 35.5. The Kier molecular flexibility index (Phi) is 5.41. The summed E-state index contributed by atoms with van der Waals surface area (Å²) in [5, 5.41) is 16.8. The molecule has 4 nitrogen and oxygen atoms in total. The van der Waals surface area contributed by atoms with Gasteiger partial charge in [-0.25, -0.2) is 0 Å². The molecule has 2 N–H and O–H groups in total. The van der Waals surface area contributed by atoms with Gasteiger partial charge in [0, 0.05) is 24.1 Å². The molecule has 0 radical (unpaired) electrons. The first-order chi connectivity index (χ1) is 12.0. The lowest BCUT2D eigenvalue weighted by atomic mass is 9.87. The number of aliphatic carboxylic acids is 1. The molecule has 0 spiro atoms. The molecule has 1 atom stereocenters. The van der Waals surface area contributed by atoms with Crippen LogP contribution in [0.4, 0.5) is 0 Å². The number of aromatic nitrogens is 2. The summed E-state index contributed by atoms with van der Waals surface area (Å²) in [6.07, 6.45) is 4.15. The minimum Gasteiger partial charge on any atom is -0.481 e. The van der Waals surface area contributed by atoms with Gasteiger partial charge in [0.25, 0.3) is 0 Å². The van der Waals surface area contributed by atoms with Crippen LogP contribution in [0.1, 0.15) is 29.9 Å². The van der Waals surface area contributed by atoms with E-state index in [1.165, 1.54) is 0 Å². The maximum Gasteiger partial charge on any atom is 0.303 e. The molecule has 25 heavy (non-hydrogen) atoms. The third-order valence-electron chi connectivity index (χ3n) is 4.14. The molecule has 1 unspecified atom stereocenters. The van der Waals surface area contributed by atoms with E-state index in [0.29, 0.717) is 16.5 Å². The van der Waals surface area contributed by atoms with Crippen molar-refractivity contribution in [3.05, 3.63) is 76.0 Å². The summed E-state index contributed by atoms with van der Waals surface area (Å²) in [6.45, 7) is 0. The van der Waals surface area contributed by atoms with E-state index in [1.807, 2.05) is 36.5 Å². The van der Waals surface area contributed by atoms with Crippen molar-refractivity contribution in [1.29, 1.82) is 0 Å². The number of hydrogen-bond donors (Lipinski definition) is 2. The van der Waals surface area contributed by atoms with E-state index < -0.39 is 5.97 Å². The molecule has 0 bridgehead atoms. The van der Waals surface area contributed by atoms with Crippen LogP contribution in [-0.2, 0) is 4.79 Å². The topological polar surface area (TPSA) is 66.0 Å². The zero-order valence-corrected chi connectivity index (χ0v) is 14.8. The molecule has 128 valence electrons. The normalized spacial score (nSPS) is 12.1. The number of benzene rings is 2. The number of halogens is 2. The molecule has 0 fully saturated rings. The SMILES string of the molecule is O=C(O)CCC(c1ccc(-c2cn[nH]c2)cc1)c1ccc(Cl)c(Cl)c1. The van der Waals surface area contributed by atoms with Gasteiger partial charge < -0.3 is 5.11 Å². The summed E-state index contributed by atoms with van der Waals surface area (Å²) in [4.78, 5) is 11.0.